The van der Waals surface area contributed by atoms with E-state index >= 15 is 0 Å². The van der Waals surface area contributed by atoms with Gasteiger partial charge in [-0.25, -0.2) is 15.0 Å². The third-order valence-corrected chi connectivity index (χ3v) is 12.1. The summed E-state index contributed by atoms with van der Waals surface area (Å²) in [5.41, 5.74) is 7.78. The molecule has 0 fully saturated rings. The van der Waals surface area contributed by atoms with Crippen LogP contribution in [0.15, 0.2) is 109 Å². The molecular weight excluding hydrogens is 734 g/mol. The Morgan fingerprint density at radius 1 is 0.267 bits per heavy atom. The molecule has 22 radical (unpaired) electrons. The zero-order chi connectivity index (χ0) is 42.1. The van der Waals surface area contributed by atoms with Crippen LogP contribution in [-0.2, 0) is 0 Å². The van der Waals surface area contributed by atoms with Gasteiger partial charge in [0.25, 0.3) is 0 Å². The van der Waals surface area contributed by atoms with Crippen molar-refractivity contribution in [2.24, 2.45) is 0 Å². The molecule has 0 spiro atoms. The monoisotopic (exact) mass is 753 g/mol. The second-order valence-electron chi connectivity index (χ2n) is 14.4. The quantitative estimate of drug-likeness (QED) is 0.205. The van der Waals surface area contributed by atoms with E-state index in [1.807, 2.05) is 72.8 Å². The van der Waals surface area contributed by atoms with Gasteiger partial charge < -0.3 is 0 Å². The van der Waals surface area contributed by atoms with Gasteiger partial charge >= 0.3 is 0 Å². The fourth-order valence-corrected chi connectivity index (χ4v) is 8.95. The van der Waals surface area contributed by atoms with Crippen LogP contribution in [0.3, 0.4) is 0 Å². The van der Waals surface area contributed by atoms with Crippen LogP contribution in [0.5, 0.6) is 0 Å². The molecule has 0 atom stereocenters. The summed E-state index contributed by atoms with van der Waals surface area (Å²) in [5, 5.41) is 0.937. The number of benzene rings is 7. The van der Waals surface area contributed by atoms with E-state index in [9.17, 15) is 0 Å². The first-order chi connectivity index (χ1) is 28.8. The van der Waals surface area contributed by atoms with Gasteiger partial charge in [0.15, 0.2) is 17.5 Å². The van der Waals surface area contributed by atoms with Gasteiger partial charge in [0.2, 0.25) is 0 Å². The number of hydrogen-bond donors (Lipinski definition) is 0. The van der Waals surface area contributed by atoms with Gasteiger partial charge in [-0.2, -0.15) is 0 Å². The van der Waals surface area contributed by atoms with Crippen LogP contribution >= 0.6 is 11.3 Å². The standard InChI is InChI=1S/C45H18B11N3S/c46-30-26(31(47)37(53)39(55)36(30)52)28-33(49)35(51)32(48)27-25-29(34(50)38(54)40(56)42(25)60-41(27)28)45-58-43(23-9-5-2-6-10-23)57-44(59-45)24-17-15-22(16-18-24)21-13-11-20(12-14-21)19-7-3-1-4-8-19/h1-18H. The van der Waals surface area contributed by atoms with Crippen LogP contribution in [-0.4, -0.2) is 101 Å². The Bertz CT molecular complexity index is 3170. The lowest BCUT2D eigenvalue weighted by Gasteiger charge is -2.25. The van der Waals surface area contributed by atoms with Crippen molar-refractivity contribution in [3.8, 4) is 67.5 Å². The smallest absolute Gasteiger partial charge is 0.164 e. The molecule has 0 bridgehead atoms. The van der Waals surface area contributed by atoms with Gasteiger partial charge in [-0.1, -0.05) is 142 Å². The SMILES string of the molecule is [B]c1c([B])c([B])c(-c2c([B])c([B])c([B])c3c2sc2c([B])c([B])c([B])c(-c4nc(-c5ccccc5)nc(-c5ccc(-c6ccc(-c7ccccc7)cc6)cc5)n4)c23)c([B])c1[B]. The molecule has 15 heteroatoms. The lowest BCUT2D eigenvalue weighted by Crippen LogP contribution is -2.56. The molecule has 2 heterocycles. The van der Waals surface area contributed by atoms with Gasteiger partial charge in [0, 0.05) is 31.5 Å². The Balaban J connectivity index is 1.27. The van der Waals surface area contributed by atoms with Crippen LogP contribution in [0.25, 0.3) is 87.7 Å². The number of nitrogens with zero attached hydrogens (tertiary/aromatic N) is 3. The first-order valence-corrected chi connectivity index (χ1v) is 19.5. The molecular formula is C45H18B11N3S. The van der Waals surface area contributed by atoms with Crippen LogP contribution < -0.4 is 60.1 Å². The molecule has 7 aromatic carbocycles. The number of fused-ring (bicyclic) bond motifs is 3. The van der Waals surface area contributed by atoms with Crippen LogP contribution in [0.2, 0.25) is 0 Å². The maximum atomic E-state index is 6.93. The Hall–Kier alpha value is -5.52. The van der Waals surface area contributed by atoms with Crippen LogP contribution in [0.4, 0.5) is 0 Å². The van der Waals surface area contributed by atoms with Gasteiger partial charge in [-0.15, -0.1) is 38.7 Å². The maximum Gasteiger partial charge on any atom is 0.164 e. The lowest BCUT2D eigenvalue weighted by atomic mass is 9.58. The first-order valence-electron chi connectivity index (χ1n) is 18.6. The van der Waals surface area contributed by atoms with Crippen LogP contribution in [0, 0.1) is 0 Å². The van der Waals surface area contributed by atoms with Crippen molar-refractivity contribution in [3.05, 3.63) is 109 Å². The van der Waals surface area contributed by atoms with Crippen LogP contribution in [0.1, 0.15) is 0 Å². The highest BCUT2D eigenvalue weighted by molar-refractivity contribution is 7.28. The minimum Gasteiger partial charge on any atom is -0.208 e. The summed E-state index contributed by atoms with van der Waals surface area (Å²) < 4.78 is 1.03. The molecule has 3 nitrogen and oxygen atoms in total. The van der Waals surface area contributed by atoms with Gasteiger partial charge in [-0.3, -0.25) is 0 Å². The Morgan fingerprint density at radius 3 is 1.13 bits per heavy atom. The van der Waals surface area contributed by atoms with Crippen molar-refractivity contribution in [1.82, 2.24) is 15.0 Å². The average Bonchev–Trinajstić information content (AvgIpc) is 3.68. The highest BCUT2D eigenvalue weighted by Gasteiger charge is 2.26. The predicted octanol–water partition coefficient (Wildman–Crippen LogP) is -1.03. The number of aromatic nitrogens is 3. The second kappa shape index (κ2) is 15.5. The summed E-state index contributed by atoms with van der Waals surface area (Å²) in [4.78, 5) is 15.0. The average molecular weight is 752 g/mol. The molecule has 60 heavy (non-hydrogen) atoms. The highest BCUT2D eigenvalue weighted by Crippen LogP contribution is 2.40. The zero-order valence-electron chi connectivity index (χ0n) is 32.0. The maximum absolute atomic E-state index is 6.93. The van der Waals surface area contributed by atoms with Crippen molar-refractivity contribution in [1.29, 1.82) is 0 Å². The van der Waals surface area contributed by atoms with Gasteiger partial charge in [0.1, 0.15) is 86.3 Å². The van der Waals surface area contributed by atoms with E-state index in [0.717, 1.165) is 33.4 Å². The summed E-state index contributed by atoms with van der Waals surface area (Å²) >= 11 is 1.24. The molecule has 0 aliphatic heterocycles. The van der Waals surface area contributed by atoms with E-state index in [0.29, 0.717) is 42.9 Å². The van der Waals surface area contributed by atoms with Gasteiger partial charge in [-0.05, 0) is 38.8 Å². The third kappa shape index (κ3) is 6.48. The second-order valence-corrected chi connectivity index (χ2v) is 15.4. The molecule has 0 aliphatic rings. The van der Waals surface area contributed by atoms with E-state index in [4.69, 9.17) is 101 Å². The summed E-state index contributed by atoms with van der Waals surface area (Å²) in [6, 6.07) is 36.2. The predicted molar refractivity (Wildman–Crippen MR) is 265 cm³/mol. The molecule has 0 saturated heterocycles. The Morgan fingerprint density at radius 2 is 0.617 bits per heavy atom. The zero-order valence-corrected chi connectivity index (χ0v) is 32.8. The summed E-state index contributed by atoms with van der Waals surface area (Å²) in [5.74, 6) is 0.993. The molecule has 9 rings (SSSR count). The molecule has 0 aliphatic carbocycles. The van der Waals surface area contributed by atoms with E-state index in [1.54, 1.807) is 0 Å². The van der Waals surface area contributed by atoms with Crippen molar-refractivity contribution in [2.75, 3.05) is 0 Å². The molecule has 0 N–H and O–H groups in total. The van der Waals surface area contributed by atoms with E-state index in [2.05, 4.69) is 36.4 Å². The fraction of sp³-hybridized carbons (Fsp3) is 0. The number of thiophene rings is 1. The molecule has 9 aromatic rings. The van der Waals surface area contributed by atoms with Crippen molar-refractivity contribution >= 4 is 178 Å². The normalized spacial score (nSPS) is 11.4. The molecule has 252 valence electrons. The topological polar surface area (TPSA) is 38.7 Å². The van der Waals surface area contributed by atoms with Crippen molar-refractivity contribution in [2.45, 2.75) is 0 Å². The van der Waals surface area contributed by atoms with Gasteiger partial charge in [0.05, 0.1) is 0 Å². The third-order valence-electron chi connectivity index (χ3n) is 10.9. The molecule has 0 saturated carbocycles. The Kier molecular flexibility index (Phi) is 10.3. The van der Waals surface area contributed by atoms with E-state index in [1.165, 1.54) is 11.3 Å². The number of rotatable bonds is 6. The molecule has 2 aromatic heterocycles. The summed E-state index contributed by atoms with van der Waals surface area (Å²) in [6.45, 7) is 0. The highest BCUT2D eigenvalue weighted by atomic mass is 32.1. The summed E-state index contributed by atoms with van der Waals surface area (Å²) in [7, 11) is 72.6. The fourth-order valence-electron chi connectivity index (χ4n) is 7.60. The van der Waals surface area contributed by atoms with E-state index < -0.39 is 0 Å². The summed E-state index contributed by atoms with van der Waals surface area (Å²) in [6.07, 6.45) is 0. The Labute approximate surface area is 367 Å². The largest absolute Gasteiger partial charge is 0.208 e. The lowest BCUT2D eigenvalue weighted by molar-refractivity contribution is 1.08. The minimum atomic E-state index is 0.0367. The van der Waals surface area contributed by atoms with Crippen molar-refractivity contribution in [3.63, 3.8) is 0 Å². The molecule has 0 amide bonds. The first kappa shape index (κ1) is 39.9. The number of hydrogen-bond acceptors (Lipinski definition) is 4. The molecule has 0 unspecified atom stereocenters. The minimum absolute atomic E-state index is 0.0367. The van der Waals surface area contributed by atoms with Crippen molar-refractivity contribution < 1.29 is 0 Å². The van der Waals surface area contributed by atoms with E-state index in [-0.39, 0.29) is 71.5 Å².